The number of hydrogen-bond donors (Lipinski definition) is 4. The monoisotopic (exact) mass is 905 g/mol. The first kappa shape index (κ1) is 48.1. The second-order valence-corrected chi connectivity index (χ2v) is 17.4. The van der Waals surface area contributed by atoms with Crippen LogP contribution in [0.2, 0.25) is 0 Å². The van der Waals surface area contributed by atoms with Gasteiger partial charge in [0.1, 0.15) is 24.2 Å². The van der Waals surface area contributed by atoms with Gasteiger partial charge >= 0.3 is 18.4 Å². The molecule has 6 rings (SSSR count). The van der Waals surface area contributed by atoms with Gasteiger partial charge in [0.05, 0.1) is 31.9 Å². The number of rotatable bonds is 13. The van der Waals surface area contributed by atoms with E-state index in [1.54, 1.807) is 52.0 Å². The van der Waals surface area contributed by atoms with Crippen LogP contribution in [0.1, 0.15) is 95.0 Å². The Morgan fingerprint density at radius 3 is 1.31 bits per heavy atom. The number of carbonyl (C=O) groups excluding carboxylic acids is 6. The number of alkyl carbamates (subject to hydrolysis) is 2. The molecule has 4 N–H and O–H groups in total. The molecular weight excluding hydrogens is 848 g/mol. The minimum Gasteiger partial charge on any atom is -0.453 e. The zero-order chi connectivity index (χ0) is 47.2. The van der Waals surface area contributed by atoms with E-state index in [-0.39, 0.29) is 47.5 Å². The molecule has 0 aromatic heterocycles. The molecule has 3 heterocycles. The molecule has 3 aromatic carbocycles. The van der Waals surface area contributed by atoms with Crippen LogP contribution in [-0.4, -0.2) is 97.1 Å². The highest BCUT2D eigenvalue weighted by Crippen LogP contribution is 2.47. The van der Waals surface area contributed by atoms with E-state index in [1.165, 1.54) is 36.2 Å². The normalized spacial score (nSPS) is 20.6. The molecule has 15 nitrogen and oxygen atoms in total. The van der Waals surface area contributed by atoms with Crippen molar-refractivity contribution in [1.29, 1.82) is 0 Å². The first-order valence-electron chi connectivity index (χ1n) is 22.0. The molecule has 0 bridgehead atoms. The average molecular weight is 906 g/mol. The number of methoxy groups -OCH3 is 2. The SMILES string of the molecule is COC(=O)N[C@H](C(=O)N1CCC[C@H]1C(=O)Nc1ccc([C@H]2CC[C@H](c3ccc(NC(=O)[C@@H]4CCCN4C(=O)[C@@H](NC(=O)OC)C(C)C)cc3)N2c2ccc(C(F)(F)F)cc2)cc1)C(C)C. The van der Waals surface area contributed by atoms with E-state index < -0.39 is 48.1 Å². The van der Waals surface area contributed by atoms with Gasteiger partial charge in [-0.3, -0.25) is 19.2 Å². The van der Waals surface area contributed by atoms with E-state index in [2.05, 4.69) is 26.2 Å². The topological polar surface area (TPSA) is 179 Å². The Balaban J connectivity index is 1.17. The van der Waals surface area contributed by atoms with Crippen molar-refractivity contribution in [1.82, 2.24) is 20.4 Å². The summed E-state index contributed by atoms with van der Waals surface area (Å²) in [7, 11) is 2.43. The molecule has 0 aliphatic carbocycles. The molecule has 3 aliphatic heterocycles. The van der Waals surface area contributed by atoms with Gasteiger partial charge in [0.2, 0.25) is 23.6 Å². The maximum absolute atomic E-state index is 13.7. The summed E-state index contributed by atoms with van der Waals surface area (Å²) in [6, 6.07) is 15.9. The van der Waals surface area contributed by atoms with Gasteiger partial charge < -0.3 is 45.4 Å². The molecule has 18 heteroatoms. The summed E-state index contributed by atoms with van der Waals surface area (Å²) in [5, 5.41) is 11.0. The van der Waals surface area contributed by atoms with Crippen molar-refractivity contribution < 1.29 is 51.4 Å². The Morgan fingerprint density at radius 2 is 0.969 bits per heavy atom. The number of alkyl halides is 3. The molecule has 0 unspecified atom stereocenters. The Hall–Kier alpha value is -6.33. The molecule has 0 saturated carbocycles. The van der Waals surface area contributed by atoms with Gasteiger partial charge in [-0.25, -0.2) is 9.59 Å². The van der Waals surface area contributed by atoms with E-state index in [0.29, 0.717) is 68.7 Å². The summed E-state index contributed by atoms with van der Waals surface area (Å²) in [5.41, 5.74) is 2.57. The second-order valence-electron chi connectivity index (χ2n) is 17.4. The molecule has 350 valence electrons. The highest BCUT2D eigenvalue weighted by Gasteiger charge is 2.41. The Kier molecular flexibility index (Phi) is 15.3. The second kappa shape index (κ2) is 20.7. The lowest BCUT2D eigenvalue weighted by Gasteiger charge is -2.34. The largest absolute Gasteiger partial charge is 0.453 e. The van der Waals surface area contributed by atoms with Crippen LogP contribution < -0.4 is 26.2 Å². The van der Waals surface area contributed by atoms with E-state index in [4.69, 9.17) is 9.47 Å². The zero-order valence-electron chi connectivity index (χ0n) is 37.4. The van der Waals surface area contributed by atoms with Crippen molar-refractivity contribution in [2.75, 3.05) is 42.8 Å². The lowest BCUT2D eigenvalue weighted by atomic mass is 10.0. The maximum atomic E-state index is 13.7. The Labute approximate surface area is 376 Å². The van der Waals surface area contributed by atoms with Crippen molar-refractivity contribution in [3.63, 3.8) is 0 Å². The summed E-state index contributed by atoms with van der Waals surface area (Å²) in [6.45, 7) is 7.91. The summed E-state index contributed by atoms with van der Waals surface area (Å²) in [4.78, 5) is 83.2. The smallest absolute Gasteiger partial charge is 0.416 e. The predicted molar refractivity (Wildman–Crippen MR) is 237 cm³/mol. The molecule has 0 radical (unpaired) electrons. The zero-order valence-corrected chi connectivity index (χ0v) is 37.4. The van der Waals surface area contributed by atoms with Crippen LogP contribution in [0.5, 0.6) is 0 Å². The van der Waals surface area contributed by atoms with Gasteiger partial charge in [-0.2, -0.15) is 13.2 Å². The number of carbonyl (C=O) groups is 6. The maximum Gasteiger partial charge on any atom is 0.416 e. The van der Waals surface area contributed by atoms with Gasteiger partial charge in [0.25, 0.3) is 0 Å². The van der Waals surface area contributed by atoms with E-state index in [1.807, 2.05) is 24.3 Å². The van der Waals surface area contributed by atoms with Crippen LogP contribution in [0.3, 0.4) is 0 Å². The van der Waals surface area contributed by atoms with Crippen molar-refractivity contribution in [2.45, 2.75) is 109 Å². The number of halogens is 3. The first-order chi connectivity index (χ1) is 30.9. The van der Waals surface area contributed by atoms with Gasteiger partial charge in [0.15, 0.2) is 0 Å². The quantitative estimate of drug-likeness (QED) is 0.136. The highest BCUT2D eigenvalue weighted by atomic mass is 19.4. The number of nitrogens with one attached hydrogen (secondary N) is 4. The van der Waals surface area contributed by atoms with Crippen LogP contribution >= 0.6 is 0 Å². The number of ether oxygens (including phenoxy) is 2. The van der Waals surface area contributed by atoms with Gasteiger partial charge in [-0.15, -0.1) is 0 Å². The van der Waals surface area contributed by atoms with Crippen LogP contribution in [-0.2, 0) is 34.8 Å². The van der Waals surface area contributed by atoms with Gasteiger partial charge in [-0.05, 0) is 110 Å². The molecule has 65 heavy (non-hydrogen) atoms. The number of hydrogen-bond acceptors (Lipinski definition) is 9. The third kappa shape index (κ3) is 11.1. The molecule has 6 amide bonds. The Morgan fingerprint density at radius 1 is 0.585 bits per heavy atom. The fraction of sp³-hybridized carbons (Fsp3) is 0.489. The first-order valence-corrected chi connectivity index (χ1v) is 22.0. The van der Waals surface area contributed by atoms with Crippen LogP contribution in [0.15, 0.2) is 72.8 Å². The van der Waals surface area contributed by atoms with Crippen molar-refractivity contribution in [3.8, 4) is 0 Å². The predicted octanol–water partition coefficient (Wildman–Crippen LogP) is 7.41. The van der Waals surface area contributed by atoms with E-state index in [9.17, 15) is 41.9 Å². The fourth-order valence-corrected chi connectivity index (χ4v) is 9.04. The van der Waals surface area contributed by atoms with Crippen LogP contribution in [0.4, 0.5) is 39.8 Å². The Bertz CT molecular complexity index is 2060. The van der Waals surface area contributed by atoms with E-state index in [0.717, 1.165) is 23.3 Å². The molecule has 6 atom stereocenters. The van der Waals surface area contributed by atoms with Crippen LogP contribution in [0.25, 0.3) is 0 Å². The van der Waals surface area contributed by atoms with Crippen molar-refractivity contribution in [3.05, 3.63) is 89.5 Å². The number of benzene rings is 3. The van der Waals surface area contributed by atoms with Crippen molar-refractivity contribution in [2.24, 2.45) is 11.8 Å². The highest BCUT2D eigenvalue weighted by molar-refractivity contribution is 5.99. The number of nitrogens with zero attached hydrogens (tertiary/aromatic N) is 3. The lowest BCUT2D eigenvalue weighted by molar-refractivity contribution is -0.139. The summed E-state index contributed by atoms with van der Waals surface area (Å²) >= 11 is 0. The van der Waals surface area contributed by atoms with E-state index >= 15 is 0 Å². The fourth-order valence-electron chi connectivity index (χ4n) is 9.04. The van der Waals surface area contributed by atoms with Gasteiger partial charge in [0, 0.05) is 30.2 Å². The molecule has 3 fully saturated rings. The molecule has 0 spiro atoms. The number of likely N-dealkylation sites (tertiary alicyclic amines) is 2. The lowest BCUT2D eigenvalue weighted by Crippen LogP contribution is -2.54. The molecule has 3 saturated heterocycles. The summed E-state index contributed by atoms with van der Waals surface area (Å²) in [6.07, 6.45) is -2.55. The third-order valence-corrected chi connectivity index (χ3v) is 12.5. The van der Waals surface area contributed by atoms with Crippen molar-refractivity contribution >= 4 is 52.9 Å². The number of anilines is 3. The number of amides is 6. The minimum absolute atomic E-state index is 0.250. The molecular formula is C47H58F3N7O8. The molecule has 3 aromatic rings. The average Bonchev–Trinajstić information content (AvgIpc) is 4.08. The third-order valence-electron chi connectivity index (χ3n) is 12.5. The molecule has 3 aliphatic rings. The minimum atomic E-state index is -4.51. The standard InChI is InChI=1S/C47H58F3N7O8/c1-27(2)39(53-45(62)64-5)43(60)55-25-7-9-37(55)41(58)51-32-17-11-29(12-18-32)35-23-24-36(57(35)34-21-15-31(16-22-34)47(48,49)50)30-13-19-33(20-14-30)52-42(59)38-10-8-26-56(38)44(61)40(28(3)4)54-46(63)65-6/h11-22,27-28,35-40H,7-10,23-26H2,1-6H3,(H,51,58)(H,52,59)(H,53,62)(H,54,63)/t35-,36-,37+,38+,39+,40+/m1/s1. The van der Waals surface area contributed by atoms with Gasteiger partial charge in [-0.1, -0.05) is 52.0 Å². The summed E-state index contributed by atoms with van der Waals surface area (Å²) in [5.74, 6) is -1.96. The van der Waals surface area contributed by atoms with Crippen LogP contribution in [0, 0.1) is 11.8 Å². The summed E-state index contributed by atoms with van der Waals surface area (Å²) < 4.78 is 50.4.